The normalized spacial score (nSPS) is 22.5. The van der Waals surface area contributed by atoms with Crippen molar-refractivity contribution in [1.29, 1.82) is 0 Å². The molecule has 37 heavy (non-hydrogen) atoms. The maximum absolute atomic E-state index is 13.7. The summed E-state index contributed by atoms with van der Waals surface area (Å²) in [5.74, 6) is -0.803. The summed E-state index contributed by atoms with van der Waals surface area (Å²) < 4.78 is 35.2. The van der Waals surface area contributed by atoms with E-state index in [1.165, 1.54) is 9.88 Å². The highest BCUT2D eigenvalue weighted by Gasteiger charge is 2.38. The minimum absolute atomic E-state index is 0.115. The van der Waals surface area contributed by atoms with Gasteiger partial charge >= 0.3 is 5.97 Å². The summed E-state index contributed by atoms with van der Waals surface area (Å²) in [7, 11) is -1.94. The van der Waals surface area contributed by atoms with E-state index in [4.69, 9.17) is 4.74 Å². The van der Waals surface area contributed by atoms with Crippen LogP contribution in [0.4, 0.5) is 0 Å². The van der Waals surface area contributed by atoms with Gasteiger partial charge < -0.3 is 14.9 Å². The van der Waals surface area contributed by atoms with Gasteiger partial charge in [-0.15, -0.1) is 0 Å². The Balaban J connectivity index is 1.66. The van der Waals surface area contributed by atoms with E-state index in [1.54, 1.807) is 31.2 Å². The van der Waals surface area contributed by atoms with Crippen LogP contribution < -0.4 is 4.74 Å². The molecule has 0 radical (unpaired) electrons. The van der Waals surface area contributed by atoms with Gasteiger partial charge in [0.25, 0.3) is 0 Å². The number of nitrogens with zero attached hydrogens (tertiary/aromatic N) is 2. The number of aromatic carboxylic acids is 1. The van der Waals surface area contributed by atoms with E-state index in [9.17, 15) is 23.4 Å². The van der Waals surface area contributed by atoms with Crippen LogP contribution in [-0.4, -0.2) is 72.7 Å². The number of likely N-dealkylation sites (N-methyl/N-ethyl adjacent to an activating group) is 1. The summed E-state index contributed by atoms with van der Waals surface area (Å²) in [5, 5.41) is 19.2. The molecule has 0 spiro atoms. The summed E-state index contributed by atoms with van der Waals surface area (Å²) in [6.45, 7) is 4.63. The lowest BCUT2D eigenvalue weighted by molar-refractivity contribution is 0.0693. The predicted molar refractivity (Wildman–Crippen MR) is 142 cm³/mol. The molecule has 0 bridgehead atoms. The highest BCUT2D eigenvalue weighted by Crippen LogP contribution is 2.37. The van der Waals surface area contributed by atoms with Gasteiger partial charge in [0.1, 0.15) is 16.7 Å². The lowest BCUT2D eigenvalue weighted by Gasteiger charge is -2.37. The van der Waals surface area contributed by atoms with Crippen LogP contribution in [0.5, 0.6) is 5.75 Å². The maximum atomic E-state index is 13.7. The molecule has 0 amide bonds. The molecule has 2 N–H and O–H groups in total. The number of carboxylic acid groups (broad SMARTS) is 1. The third-order valence-electron chi connectivity index (χ3n) is 7.20. The molecule has 1 aliphatic heterocycles. The summed E-state index contributed by atoms with van der Waals surface area (Å²) in [6.07, 6.45) is 4.92. The molecule has 0 saturated carbocycles. The van der Waals surface area contributed by atoms with E-state index in [0.29, 0.717) is 18.8 Å². The van der Waals surface area contributed by atoms with E-state index < -0.39 is 22.0 Å². The zero-order chi connectivity index (χ0) is 26.7. The van der Waals surface area contributed by atoms with Gasteiger partial charge in [0, 0.05) is 31.6 Å². The summed E-state index contributed by atoms with van der Waals surface area (Å²) in [6, 6.07) is 11.6. The van der Waals surface area contributed by atoms with Gasteiger partial charge in [-0.3, -0.25) is 4.90 Å². The Bertz CT molecular complexity index is 1280. The molecule has 0 aromatic heterocycles. The maximum Gasteiger partial charge on any atom is 0.335 e. The van der Waals surface area contributed by atoms with E-state index >= 15 is 0 Å². The lowest BCUT2D eigenvalue weighted by atomic mass is 10.0. The molecule has 4 rings (SSSR count). The third kappa shape index (κ3) is 6.06. The van der Waals surface area contributed by atoms with Crippen molar-refractivity contribution >= 4 is 21.6 Å². The number of hydrogen-bond donors (Lipinski definition) is 2. The van der Waals surface area contributed by atoms with Gasteiger partial charge in [-0.2, -0.15) is 4.31 Å². The number of rotatable bonds is 8. The highest BCUT2D eigenvalue weighted by molar-refractivity contribution is 7.89. The Morgan fingerprint density at radius 2 is 2.03 bits per heavy atom. The summed E-state index contributed by atoms with van der Waals surface area (Å²) in [4.78, 5) is 13.5. The molecule has 2 aromatic rings. The zero-order valence-electron chi connectivity index (χ0n) is 21.6. The van der Waals surface area contributed by atoms with E-state index in [0.717, 1.165) is 30.4 Å². The lowest BCUT2D eigenvalue weighted by Crippen LogP contribution is -2.49. The average Bonchev–Trinajstić information content (AvgIpc) is 3.40. The SMILES string of the molecule is C[C@@H]1CN([C@@H](C)CO)S(=O)(=O)c2ccc(C3=CCCC3)cc2O[C@@H]1CN(C)Cc1cccc(C(=O)O)c1. The van der Waals surface area contributed by atoms with Crippen LogP contribution in [0.3, 0.4) is 0 Å². The molecule has 0 fully saturated rings. The number of aliphatic hydroxyl groups is 1. The van der Waals surface area contributed by atoms with Gasteiger partial charge in [-0.1, -0.05) is 31.2 Å². The topological polar surface area (TPSA) is 107 Å². The fraction of sp³-hybridized carbons (Fsp3) is 0.464. The molecule has 8 nitrogen and oxygen atoms in total. The number of sulfonamides is 1. The third-order valence-corrected chi connectivity index (χ3v) is 9.22. The Hall–Kier alpha value is -2.72. The molecule has 3 atom stereocenters. The molecule has 200 valence electrons. The first kappa shape index (κ1) is 27.3. The van der Waals surface area contributed by atoms with Crippen LogP contribution in [0.15, 0.2) is 53.4 Å². The quantitative estimate of drug-likeness (QED) is 0.536. The molecule has 9 heteroatoms. The Kier molecular flexibility index (Phi) is 8.38. The van der Waals surface area contributed by atoms with Crippen LogP contribution in [0.1, 0.15) is 54.6 Å². The van der Waals surface area contributed by atoms with Gasteiger partial charge in [0.15, 0.2) is 0 Å². The van der Waals surface area contributed by atoms with Crippen molar-refractivity contribution in [3.63, 3.8) is 0 Å². The van der Waals surface area contributed by atoms with Crippen LogP contribution >= 0.6 is 0 Å². The van der Waals surface area contributed by atoms with Crippen molar-refractivity contribution in [2.24, 2.45) is 5.92 Å². The molecule has 1 heterocycles. The van der Waals surface area contributed by atoms with Crippen LogP contribution in [0, 0.1) is 5.92 Å². The largest absolute Gasteiger partial charge is 0.487 e. The van der Waals surface area contributed by atoms with E-state index in [2.05, 4.69) is 11.0 Å². The first-order valence-corrected chi connectivity index (χ1v) is 14.2. The molecule has 1 aliphatic carbocycles. The zero-order valence-corrected chi connectivity index (χ0v) is 22.4. The average molecular weight is 529 g/mol. The molecule has 2 aliphatic rings. The van der Waals surface area contributed by atoms with Crippen LogP contribution in [-0.2, 0) is 16.6 Å². The minimum atomic E-state index is -3.88. The van der Waals surface area contributed by atoms with Crippen LogP contribution in [0.25, 0.3) is 5.57 Å². The standard InChI is InChI=1S/C28H36N2O6S/c1-19-15-30(20(2)18-31)37(34,35)27-12-11-23(22-8-4-5-9-22)14-25(27)36-26(19)17-29(3)16-21-7-6-10-24(13-21)28(32)33/h6-8,10-14,19-20,26,31H,4-5,9,15-18H2,1-3H3,(H,32,33)/t19-,20+,26-/m1/s1. The first-order valence-electron chi connectivity index (χ1n) is 12.7. The monoisotopic (exact) mass is 528 g/mol. The van der Waals surface area contributed by atoms with Gasteiger partial charge in [0.05, 0.1) is 12.2 Å². The second kappa shape index (κ2) is 11.3. The van der Waals surface area contributed by atoms with Gasteiger partial charge in [-0.05, 0) is 74.2 Å². The van der Waals surface area contributed by atoms with Crippen molar-refractivity contribution in [1.82, 2.24) is 9.21 Å². The smallest absolute Gasteiger partial charge is 0.335 e. The highest BCUT2D eigenvalue weighted by atomic mass is 32.2. The number of ether oxygens (including phenoxy) is 1. The van der Waals surface area contributed by atoms with Gasteiger partial charge in [-0.25, -0.2) is 13.2 Å². The van der Waals surface area contributed by atoms with Gasteiger partial charge in [0.2, 0.25) is 10.0 Å². The number of hydrogen-bond acceptors (Lipinski definition) is 6. The van der Waals surface area contributed by atoms with Crippen LogP contribution in [0.2, 0.25) is 0 Å². The molecule has 2 aromatic carbocycles. The van der Waals surface area contributed by atoms with Crippen molar-refractivity contribution in [3.8, 4) is 5.75 Å². The van der Waals surface area contributed by atoms with E-state index in [1.807, 2.05) is 32.2 Å². The van der Waals surface area contributed by atoms with Crippen molar-refractivity contribution in [2.75, 3.05) is 26.7 Å². The molecule has 0 saturated heterocycles. The number of carboxylic acids is 1. The Morgan fingerprint density at radius 3 is 2.70 bits per heavy atom. The summed E-state index contributed by atoms with van der Waals surface area (Å²) in [5.41, 5.74) is 3.28. The first-order chi connectivity index (χ1) is 17.6. The second-order valence-corrected chi connectivity index (χ2v) is 12.1. The Labute approximate surface area is 219 Å². The number of aliphatic hydroxyl groups excluding tert-OH is 1. The number of carbonyl (C=O) groups is 1. The molecular weight excluding hydrogens is 492 g/mol. The minimum Gasteiger partial charge on any atom is -0.487 e. The second-order valence-electron chi connectivity index (χ2n) is 10.2. The predicted octanol–water partition coefficient (Wildman–Crippen LogP) is 3.85. The number of benzene rings is 2. The molecule has 0 unspecified atom stereocenters. The fourth-order valence-electron chi connectivity index (χ4n) is 5.06. The Morgan fingerprint density at radius 1 is 1.24 bits per heavy atom. The molecular formula is C28H36N2O6S. The number of allylic oxidation sites excluding steroid dienone is 2. The van der Waals surface area contributed by atoms with E-state index in [-0.39, 0.29) is 35.6 Å². The van der Waals surface area contributed by atoms with Crippen molar-refractivity contribution in [2.45, 2.75) is 56.7 Å². The summed E-state index contributed by atoms with van der Waals surface area (Å²) >= 11 is 0. The number of fused-ring (bicyclic) bond motifs is 1. The van der Waals surface area contributed by atoms with Crippen molar-refractivity contribution in [3.05, 3.63) is 65.2 Å². The fourth-order valence-corrected chi connectivity index (χ4v) is 6.89. The van der Waals surface area contributed by atoms with Crippen molar-refractivity contribution < 1.29 is 28.2 Å².